The van der Waals surface area contributed by atoms with E-state index in [0.29, 0.717) is 4.31 Å². The van der Waals surface area contributed by atoms with E-state index in [-0.39, 0.29) is 20.6 Å². The molecule has 0 unspecified atom stereocenters. The lowest BCUT2D eigenvalue weighted by atomic mass is 10.3. The van der Waals surface area contributed by atoms with Crippen molar-refractivity contribution in [3.05, 3.63) is 58.3 Å². The van der Waals surface area contributed by atoms with E-state index < -0.39 is 28.4 Å². The Kier molecular flexibility index (Phi) is 5.13. The molecular formula is C14H10Cl2FNO4S. The number of hydrogen-bond donors (Lipinski definition) is 1. The number of nitrogens with zero attached hydrogens (tertiary/aromatic N) is 1. The first-order valence-corrected chi connectivity index (χ1v) is 8.36. The first kappa shape index (κ1) is 17.5. The summed E-state index contributed by atoms with van der Waals surface area (Å²) < 4.78 is 39.1. The highest BCUT2D eigenvalue weighted by Crippen LogP contribution is 2.30. The summed E-state index contributed by atoms with van der Waals surface area (Å²) in [4.78, 5) is 10.7. The van der Waals surface area contributed by atoms with E-state index >= 15 is 0 Å². The topological polar surface area (TPSA) is 74.7 Å². The van der Waals surface area contributed by atoms with Gasteiger partial charge in [0.15, 0.2) is 0 Å². The number of sulfonamides is 1. The van der Waals surface area contributed by atoms with Crippen LogP contribution < -0.4 is 4.31 Å². The molecule has 9 heteroatoms. The first-order chi connectivity index (χ1) is 10.7. The second kappa shape index (κ2) is 6.74. The van der Waals surface area contributed by atoms with Gasteiger partial charge in [-0.3, -0.25) is 9.10 Å². The monoisotopic (exact) mass is 377 g/mol. The van der Waals surface area contributed by atoms with Gasteiger partial charge in [0, 0.05) is 5.02 Å². The molecule has 1 N–H and O–H groups in total. The van der Waals surface area contributed by atoms with Gasteiger partial charge in [-0.2, -0.15) is 0 Å². The zero-order valence-electron chi connectivity index (χ0n) is 11.4. The average molecular weight is 378 g/mol. The van der Waals surface area contributed by atoms with E-state index in [4.69, 9.17) is 28.3 Å². The molecule has 0 spiro atoms. The number of benzene rings is 2. The molecule has 0 aliphatic rings. The molecular weight excluding hydrogens is 368 g/mol. The van der Waals surface area contributed by atoms with Crippen LogP contribution in [0.1, 0.15) is 0 Å². The van der Waals surface area contributed by atoms with Gasteiger partial charge >= 0.3 is 5.97 Å². The molecule has 23 heavy (non-hydrogen) atoms. The van der Waals surface area contributed by atoms with E-state index in [1.165, 1.54) is 12.1 Å². The second-order valence-electron chi connectivity index (χ2n) is 4.46. The smallest absolute Gasteiger partial charge is 0.324 e. The lowest BCUT2D eigenvalue weighted by Gasteiger charge is -2.23. The third-order valence-corrected chi connectivity index (χ3v) is 5.35. The minimum Gasteiger partial charge on any atom is -0.480 e. The predicted molar refractivity (Wildman–Crippen MR) is 85.0 cm³/mol. The summed E-state index contributed by atoms with van der Waals surface area (Å²) in [6.07, 6.45) is 0. The van der Waals surface area contributed by atoms with Gasteiger partial charge < -0.3 is 5.11 Å². The fraction of sp³-hybridized carbons (Fsp3) is 0.0714. The zero-order valence-corrected chi connectivity index (χ0v) is 13.7. The Morgan fingerprint density at radius 3 is 2.30 bits per heavy atom. The van der Waals surface area contributed by atoms with Crippen molar-refractivity contribution in [2.45, 2.75) is 4.90 Å². The van der Waals surface area contributed by atoms with Crippen LogP contribution in [0.2, 0.25) is 10.0 Å². The van der Waals surface area contributed by atoms with Gasteiger partial charge in [0.25, 0.3) is 10.0 Å². The quantitative estimate of drug-likeness (QED) is 0.865. The molecule has 0 aromatic heterocycles. The van der Waals surface area contributed by atoms with Crippen molar-refractivity contribution < 1.29 is 22.7 Å². The summed E-state index contributed by atoms with van der Waals surface area (Å²) in [5, 5.41) is 9.02. The normalized spacial score (nSPS) is 11.3. The highest BCUT2D eigenvalue weighted by atomic mass is 35.5. The third-order valence-electron chi connectivity index (χ3n) is 2.85. The van der Waals surface area contributed by atoms with Crippen molar-refractivity contribution in [3.63, 3.8) is 0 Å². The van der Waals surface area contributed by atoms with Crippen LogP contribution in [0.25, 0.3) is 0 Å². The van der Waals surface area contributed by atoms with Crippen LogP contribution in [0.15, 0.2) is 47.4 Å². The van der Waals surface area contributed by atoms with Crippen molar-refractivity contribution in [1.82, 2.24) is 0 Å². The summed E-state index contributed by atoms with van der Waals surface area (Å²) in [6.45, 7) is -0.850. The van der Waals surface area contributed by atoms with Crippen molar-refractivity contribution in [3.8, 4) is 0 Å². The molecule has 0 fully saturated rings. The molecule has 0 saturated carbocycles. The van der Waals surface area contributed by atoms with Gasteiger partial charge in [-0.1, -0.05) is 23.2 Å². The fourth-order valence-corrected chi connectivity index (χ4v) is 3.99. The van der Waals surface area contributed by atoms with E-state index in [1.54, 1.807) is 0 Å². The third kappa shape index (κ3) is 3.93. The zero-order chi connectivity index (χ0) is 17.2. The Hall–Kier alpha value is -1.83. The Labute approximate surface area is 141 Å². The number of anilines is 1. The van der Waals surface area contributed by atoms with Crippen molar-refractivity contribution in [2.75, 3.05) is 10.8 Å². The van der Waals surface area contributed by atoms with Crippen LogP contribution in [0.5, 0.6) is 0 Å². The number of carboxylic acid groups (broad SMARTS) is 1. The fourth-order valence-electron chi connectivity index (χ4n) is 1.84. The average Bonchev–Trinajstić information content (AvgIpc) is 2.48. The van der Waals surface area contributed by atoms with E-state index in [1.807, 2.05) is 0 Å². The highest BCUT2D eigenvalue weighted by Gasteiger charge is 2.29. The Morgan fingerprint density at radius 2 is 1.74 bits per heavy atom. The maximum Gasteiger partial charge on any atom is 0.324 e. The summed E-state index contributed by atoms with van der Waals surface area (Å²) >= 11 is 11.7. The Morgan fingerprint density at radius 1 is 1.13 bits per heavy atom. The lowest BCUT2D eigenvalue weighted by Crippen LogP contribution is -2.35. The minimum absolute atomic E-state index is 0.00941. The van der Waals surface area contributed by atoms with Gasteiger partial charge in [-0.25, -0.2) is 12.8 Å². The molecule has 122 valence electrons. The maximum absolute atomic E-state index is 13.0. The van der Waals surface area contributed by atoms with Gasteiger partial charge in [-0.05, 0) is 42.5 Å². The maximum atomic E-state index is 13.0. The number of hydrogen-bond acceptors (Lipinski definition) is 3. The van der Waals surface area contributed by atoms with Crippen molar-refractivity contribution >= 4 is 44.9 Å². The van der Waals surface area contributed by atoms with Crippen LogP contribution >= 0.6 is 23.2 Å². The molecule has 0 amide bonds. The molecule has 0 heterocycles. The van der Waals surface area contributed by atoms with Gasteiger partial charge in [0.1, 0.15) is 17.3 Å². The summed E-state index contributed by atoms with van der Waals surface area (Å²) in [5.41, 5.74) is -0.00941. The van der Waals surface area contributed by atoms with Crippen molar-refractivity contribution in [2.24, 2.45) is 0 Å². The van der Waals surface area contributed by atoms with E-state index in [0.717, 1.165) is 30.3 Å². The van der Waals surface area contributed by atoms with E-state index in [2.05, 4.69) is 0 Å². The number of rotatable bonds is 5. The number of aliphatic carboxylic acids is 1. The molecule has 2 aromatic carbocycles. The number of carboxylic acids is 1. The van der Waals surface area contributed by atoms with Crippen LogP contribution in [0, 0.1) is 5.82 Å². The molecule has 2 rings (SSSR count). The van der Waals surface area contributed by atoms with Crippen LogP contribution in [-0.4, -0.2) is 26.0 Å². The molecule has 0 bridgehead atoms. The SMILES string of the molecule is O=C(O)CN(c1ccc(F)cc1)S(=O)(=O)c1cc(Cl)ccc1Cl. The molecule has 2 aromatic rings. The second-order valence-corrected chi connectivity index (χ2v) is 7.13. The number of carbonyl (C=O) groups is 1. The Bertz CT molecular complexity index is 840. The molecule has 0 atom stereocenters. The molecule has 0 aliphatic carbocycles. The Balaban J connectivity index is 2.59. The van der Waals surface area contributed by atoms with E-state index in [9.17, 15) is 17.6 Å². The van der Waals surface area contributed by atoms with Crippen molar-refractivity contribution in [1.29, 1.82) is 0 Å². The first-order valence-electron chi connectivity index (χ1n) is 6.17. The number of halogens is 3. The van der Waals surface area contributed by atoms with Crippen LogP contribution in [0.3, 0.4) is 0 Å². The molecule has 5 nitrogen and oxygen atoms in total. The van der Waals surface area contributed by atoms with Crippen LogP contribution in [0.4, 0.5) is 10.1 Å². The standard InChI is InChI=1S/C14H10Cl2FNO4S/c15-9-1-6-12(16)13(7-9)23(21,22)18(8-14(19)20)11-4-2-10(17)3-5-11/h1-7H,8H2,(H,19,20). The molecule has 0 aliphatic heterocycles. The molecule has 0 saturated heterocycles. The molecule has 0 radical (unpaired) electrons. The largest absolute Gasteiger partial charge is 0.480 e. The van der Waals surface area contributed by atoms with Gasteiger partial charge in [-0.15, -0.1) is 0 Å². The minimum atomic E-state index is -4.30. The van der Waals surface area contributed by atoms with Crippen LogP contribution in [-0.2, 0) is 14.8 Å². The summed E-state index contributed by atoms with van der Waals surface area (Å²) in [7, 11) is -4.30. The lowest BCUT2D eigenvalue weighted by molar-refractivity contribution is -0.135. The van der Waals surface area contributed by atoms with Gasteiger partial charge in [0.05, 0.1) is 10.7 Å². The highest BCUT2D eigenvalue weighted by molar-refractivity contribution is 7.93. The van der Waals surface area contributed by atoms with Gasteiger partial charge in [0.2, 0.25) is 0 Å². The predicted octanol–water partition coefficient (Wildman–Crippen LogP) is 3.41. The summed E-state index contributed by atoms with van der Waals surface area (Å²) in [5.74, 6) is -1.96. The summed E-state index contributed by atoms with van der Waals surface area (Å²) in [6, 6.07) is 8.20.